The van der Waals surface area contributed by atoms with E-state index in [1.807, 2.05) is 0 Å². The molecule has 4 heteroatoms. The molecule has 2 heterocycles. The normalized spacial score (nSPS) is 22.8. The number of pyridine rings is 1. The van der Waals surface area contributed by atoms with Gasteiger partial charge in [-0.3, -0.25) is 4.79 Å². The highest BCUT2D eigenvalue weighted by Crippen LogP contribution is 2.36. The molecule has 92 valence electrons. The number of anilines is 1. The largest absolute Gasteiger partial charge is 0.365 e. The van der Waals surface area contributed by atoms with E-state index in [4.69, 9.17) is 5.73 Å². The monoisotopic (exact) mass is 233 g/mol. The van der Waals surface area contributed by atoms with Crippen molar-refractivity contribution in [2.24, 2.45) is 11.7 Å². The van der Waals surface area contributed by atoms with E-state index in [2.05, 4.69) is 30.7 Å². The molecule has 1 amide bonds. The topological polar surface area (TPSA) is 59.2 Å². The standard InChI is InChI=1S/C13H19N3O/c1-9-7-13(2,3)16(8-9)12-10(11(14)17)5-4-6-15-12/h4-6,9H,7-8H2,1-3H3,(H2,14,17)/t9-/m0/s1. The Hall–Kier alpha value is -1.58. The lowest BCUT2D eigenvalue weighted by Crippen LogP contribution is -2.40. The SMILES string of the molecule is C[C@@H]1CN(c2ncccc2C(N)=O)C(C)(C)C1. The molecule has 1 aliphatic heterocycles. The van der Waals surface area contributed by atoms with Crippen LogP contribution in [0.2, 0.25) is 0 Å². The third-order valence-electron chi connectivity index (χ3n) is 3.38. The van der Waals surface area contributed by atoms with Crippen molar-refractivity contribution >= 4 is 11.7 Å². The number of amides is 1. The van der Waals surface area contributed by atoms with Gasteiger partial charge in [0.2, 0.25) is 0 Å². The van der Waals surface area contributed by atoms with Crippen LogP contribution >= 0.6 is 0 Å². The first kappa shape index (κ1) is 11.9. The Morgan fingerprint density at radius 1 is 1.59 bits per heavy atom. The molecule has 1 fully saturated rings. The van der Waals surface area contributed by atoms with Crippen LogP contribution in [0.4, 0.5) is 5.82 Å². The lowest BCUT2D eigenvalue weighted by molar-refractivity contribution is 0.100. The summed E-state index contributed by atoms with van der Waals surface area (Å²) in [6.45, 7) is 7.49. The summed E-state index contributed by atoms with van der Waals surface area (Å²) < 4.78 is 0. The predicted molar refractivity (Wildman–Crippen MR) is 68.0 cm³/mol. The lowest BCUT2D eigenvalue weighted by atomic mass is 9.97. The van der Waals surface area contributed by atoms with Crippen LogP contribution in [0.3, 0.4) is 0 Å². The molecule has 1 aromatic heterocycles. The Kier molecular flexibility index (Phi) is 2.81. The van der Waals surface area contributed by atoms with E-state index in [1.54, 1.807) is 18.3 Å². The molecule has 0 radical (unpaired) electrons. The van der Waals surface area contributed by atoms with E-state index in [0.717, 1.165) is 13.0 Å². The van der Waals surface area contributed by atoms with Gasteiger partial charge in [0.15, 0.2) is 0 Å². The van der Waals surface area contributed by atoms with Crippen molar-refractivity contribution in [2.45, 2.75) is 32.7 Å². The maximum absolute atomic E-state index is 11.4. The van der Waals surface area contributed by atoms with Crippen LogP contribution in [-0.4, -0.2) is 23.0 Å². The van der Waals surface area contributed by atoms with Crippen molar-refractivity contribution < 1.29 is 4.79 Å². The summed E-state index contributed by atoms with van der Waals surface area (Å²) >= 11 is 0. The van der Waals surface area contributed by atoms with Crippen molar-refractivity contribution in [1.29, 1.82) is 0 Å². The first-order chi connectivity index (χ1) is 7.92. The van der Waals surface area contributed by atoms with Gasteiger partial charge in [-0.25, -0.2) is 4.98 Å². The molecule has 0 spiro atoms. The van der Waals surface area contributed by atoms with Crippen LogP contribution < -0.4 is 10.6 Å². The minimum Gasteiger partial charge on any atom is -0.365 e. The molecule has 0 aliphatic carbocycles. The fraction of sp³-hybridized carbons (Fsp3) is 0.538. The number of rotatable bonds is 2. The van der Waals surface area contributed by atoms with E-state index in [0.29, 0.717) is 17.3 Å². The van der Waals surface area contributed by atoms with Gasteiger partial charge in [0.05, 0.1) is 5.56 Å². The number of aromatic nitrogens is 1. The number of hydrogen-bond donors (Lipinski definition) is 1. The van der Waals surface area contributed by atoms with E-state index >= 15 is 0 Å². The van der Waals surface area contributed by atoms with E-state index in [1.165, 1.54) is 0 Å². The van der Waals surface area contributed by atoms with Crippen LogP contribution in [-0.2, 0) is 0 Å². The Labute approximate surface area is 102 Å². The highest BCUT2D eigenvalue weighted by molar-refractivity contribution is 5.97. The van der Waals surface area contributed by atoms with Gasteiger partial charge in [-0.2, -0.15) is 0 Å². The summed E-state index contributed by atoms with van der Waals surface area (Å²) in [6, 6.07) is 3.49. The Morgan fingerprint density at radius 3 is 2.82 bits per heavy atom. The summed E-state index contributed by atoms with van der Waals surface area (Å²) in [5.41, 5.74) is 5.93. The molecular formula is C13H19N3O. The van der Waals surface area contributed by atoms with E-state index < -0.39 is 5.91 Å². The Balaban J connectivity index is 2.44. The number of primary amides is 1. The molecule has 2 N–H and O–H groups in total. The molecule has 17 heavy (non-hydrogen) atoms. The molecule has 4 nitrogen and oxygen atoms in total. The number of nitrogens with two attached hydrogens (primary N) is 1. The summed E-state index contributed by atoms with van der Waals surface area (Å²) in [5.74, 6) is 0.908. The fourth-order valence-corrected chi connectivity index (χ4v) is 2.76. The lowest BCUT2D eigenvalue weighted by Gasteiger charge is -2.33. The van der Waals surface area contributed by atoms with Gasteiger partial charge in [0, 0.05) is 18.3 Å². The quantitative estimate of drug-likeness (QED) is 0.847. The molecule has 0 bridgehead atoms. The average Bonchev–Trinajstić information content (AvgIpc) is 2.51. The average molecular weight is 233 g/mol. The molecule has 1 saturated heterocycles. The predicted octanol–water partition coefficient (Wildman–Crippen LogP) is 1.81. The molecule has 1 atom stereocenters. The van der Waals surface area contributed by atoms with E-state index in [9.17, 15) is 4.79 Å². The molecule has 0 unspecified atom stereocenters. The minimum absolute atomic E-state index is 0.0258. The summed E-state index contributed by atoms with van der Waals surface area (Å²) in [4.78, 5) is 18.0. The minimum atomic E-state index is -0.413. The smallest absolute Gasteiger partial charge is 0.252 e. The molecular weight excluding hydrogens is 214 g/mol. The maximum atomic E-state index is 11.4. The number of carbonyl (C=O) groups excluding carboxylic acids is 1. The number of carbonyl (C=O) groups is 1. The zero-order chi connectivity index (χ0) is 12.6. The van der Waals surface area contributed by atoms with Crippen LogP contribution in [0.25, 0.3) is 0 Å². The first-order valence-electron chi connectivity index (χ1n) is 5.94. The van der Waals surface area contributed by atoms with Gasteiger partial charge in [0.25, 0.3) is 5.91 Å². The van der Waals surface area contributed by atoms with E-state index in [-0.39, 0.29) is 5.54 Å². The van der Waals surface area contributed by atoms with Crippen molar-refractivity contribution in [1.82, 2.24) is 4.98 Å². The maximum Gasteiger partial charge on any atom is 0.252 e. The Bertz CT molecular complexity index is 442. The van der Waals surface area contributed by atoms with Crippen LogP contribution in [0.15, 0.2) is 18.3 Å². The summed E-state index contributed by atoms with van der Waals surface area (Å²) in [5, 5.41) is 0. The second-order valence-corrected chi connectivity index (χ2v) is 5.47. The van der Waals surface area contributed by atoms with Gasteiger partial charge in [-0.05, 0) is 38.3 Å². The first-order valence-corrected chi connectivity index (χ1v) is 5.94. The molecule has 1 aromatic rings. The zero-order valence-corrected chi connectivity index (χ0v) is 10.6. The molecule has 0 saturated carbocycles. The molecule has 2 rings (SSSR count). The Morgan fingerprint density at radius 2 is 2.29 bits per heavy atom. The second kappa shape index (κ2) is 4.02. The van der Waals surface area contributed by atoms with Crippen LogP contribution in [0, 0.1) is 5.92 Å². The van der Waals surface area contributed by atoms with Gasteiger partial charge in [-0.1, -0.05) is 6.92 Å². The summed E-state index contributed by atoms with van der Waals surface area (Å²) in [7, 11) is 0. The second-order valence-electron chi connectivity index (χ2n) is 5.47. The van der Waals surface area contributed by atoms with Gasteiger partial charge in [-0.15, -0.1) is 0 Å². The van der Waals surface area contributed by atoms with Crippen LogP contribution in [0.1, 0.15) is 37.6 Å². The van der Waals surface area contributed by atoms with Crippen LogP contribution in [0.5, 0.6) is 0 Å². The number of nitrogens with zero attached hydrogens (tertiary/aromatic N) is 2. The van der Waals surface area contributed by atoms with Gasteiger partial charge < -0.3 is 10.6 Å². The fourth-order valence-electron chi connectivity index (χ4n) is 2.76. The third kappa shape index (κ3) is 2.12. The zero-order valence-electron chi connectivity index (χ0n) is 10.6. The van der Waals surface area contributed by atoms with Gasteiger partial charge in [0.1, 0.15) is 5.82 Å². The molecule has 0 aromatic carbocycles. The molecule has 1 aliphatic rings. The van der Waals surface area contributed by atoms with Crippen molar-refractivity contribution in [3.05, 3.63) is 23.9 Å². The van der Waals surface area contributed by atoms with Crippen molar-refractivity contribution in [2.75, 3.05) is 11.4 Å². The van der Waals surface area contributed by atoms with Crippen molar-refractivity contribution in [3.8, 4) is 0 Å². The van der Waals surface area contributed by atoms with Crippen molar-refractivity contribution in [3.63, 3.8) is 0 Å². The van der Waals surface area contributed by atoms with Gasteiger partial charge >= 0.3 is 0 Å². The highest BCUT2D eigenvalue weighted by Gasteiger charge is 2.38. The summed E-state index contributed by atoms with van der Waals surface area (Å²) in [6.07, 6.45) is 2.81. The number of hydrogen-bond acceptors (Lipinski definition) is 3. The third-order valence-corrected chi connectivity index (χ3v) is 3.38. The highest BCUT2D eigenvalue weighted by atomic mass is 16.1.